The summed E-state index contributed by atoms with van der Waals surface area (Å²) < 4.78 is 0. The molecule has 2 aliphatic rings. The van der Waals surface area contributed by atoms with Crippen molar-refractivity contribution < 1.29 is 9.90 Å². The van der Waals surface area contributed by atoms with Crippen LogP contribution in [0, 0.1) is 11.8 Å². The average molecular weight is 239 g/mol. The molecule has 0 aromatic carbocycles. The molecule has 0 spiro atoms. The first-order valence-electron chi connectivity index (χ1n) is 7.20. The predicted molar refractivity (Wildman–Crippen MR) is 67.5 cm³/mol. The molecule has 0 heterocycles. The number of hydrogen-bond acceptors (Lipinski definition) is 2. The van der Waals surface area contributed by atoms with Gasteiger partial charge in [-0.2, -0.15) is 0 Å². The third-order valence-electron chi connectivity index (χ3n) is 4.38. The van der Waals surface area contributed by atoms with Crippen molar-refractivity contribution in [3.8, 4) is 0 Å². The van der Waals surface area contributed by atoms with E-state index >= 15 is 0 Å². The third kappa shape index (κ3) is 3.98. The largest absolute Gasteiger partial charge is 0.393 e. The number of amides is 1. The molecule has 0 aromatic heterocycles. The summed E-state index contributed by atoms with van der Waals surface area (Å²) in [6.45, 7) is 0.673. The van der Waals surface area contributed by atoms with Crippen LogP contribution in [0.25, 0.3) is 0 Å². The first-order chi connectivity index (χ1) is 8.25. The van der Waals surface area contributed by atoms with Crippen LogP contribution in [0.2, 0.25) is 0 Å². The van der Waals surface area contributed by atoms with Crippen LogP contribution in [0.15, 0.2) is 0 Å². The highest BCUT2D eigenvalue weighted by Gasteiger charge is 2.25. The Labute approximate surface area is 104 Å². The lowest BCUT2D eigenvalue weighted by molar-refractivity contribution is -0.122. The molecule has 3 nitrogen and oxygen atoms in total. The summed E-state index contributed by atoms with van der Waals surface area (Å²) in [5.41, 5.74) is 0. The van der Waals surface area contributed by atoms with Crippen molar-refractivity contribution in [1.82, 2.24) is 5.32 Å². The Kier molecular flexibility index (Phi) is 4.84. The maximum atomic E-state index is 11.8. The fourth-order valence-electron chi connectivity index (χ4n) is 3.23. The van der Waals surface area contributed by atoms with Crippen molar-refractivity contribution in [1.29, 1.82) is 0 Å². The quantitative estimate of drug-likeness (QED) is 0.790. The van der Waals surface area contributed by atoms with Crippen molar-refractivity contribution in [3.63, 3.8) is 0 Å². The van der Waals surface area contributed by atoms with E-state index in [1.54, 1.807) is 0 Å². The van der Waals surface area contributed by atoms with Crippen molar-refractivity contribution in [3.05, 3.63) is 0 Å². The van der Waals surface area contributed by atoms with Gasteiger partial charge in [0.15, 0.2) is 0 Å². The maximum absolute atomic E-state index is 11.8. The summed E-state index contributed by atoms with van der Waals surface area (Å²) in [5, 5.41) is 12.7. The van der Waals surface area contributed by atoms with Gasteiger partial charge in [-0.3, -0.25) is 4.79 Å². The van der Waals surface area contributed by atoms with E-state index in [0.29, 0.717) is 24.8 Å². The highest BCUT2D eigenvalue weighted by Crippen LogP contribution is 2.27. The molecule has 3 heteroatoms. The number of hydrogen-bond donors (Lipinski definition) is 2. The lowest BCUT2D eigenvalue weighted by Gasteiger charge is -2.21. The van der Waals surface area contributed by atoms with E-state index in [2.05, 4.69) is 5.32 Å². The van der Waals surface area contributed by atoms with E-state index in [1.165, 1.54) is 32.1 Å². The zero-order valence-electron chi connectivity index (χ0n) is 10.7. The van der Waals surface area contributed by atoms with Gasteiger partial charge in [0.2, 0.25) is 5.91 Å². The number of aliphatic hydroxyl groups excluding tert-OH is 1. The van der Waals surface area contributed by atoms with Gasteiger partial charge in [0.05, 0.1) is 6.10 Å². The molecule has 0 radical (unpaired) electrons. The van der Waals surface area contributed by atoms with Crippen LogP contribution in [0.1, 0.15) is 57.8 Å². The monoisotopic (exact) mass is 239 g/mol. The van der Waals surface area contributed by atoms with Gasteiger partial charge in [0.1, 0.15) is 0 Å². The minimum atomic E-state index is -0.190. The molecule has 2 N–H and O–H groups in total. The van der Waals surface area contributed by atoms with Gasteiger partial charge in [-0.15, -0.1) is 0 Å². The van der Waals surface area contributed by atoms with Crippen LogP contribution in [0.5, 0.6) is 0 Å². The van der Waals surface area contributed by atoms with Crippen molar-refractivity contribution in [2.45, 2.75) is 63.9 Å². The second-order valence-corrected chi connectivity index (χ2v) is 5.77. The summed E-state index contributed by atoms with van der Waals surface area (Å²) in [5.74, 6) is 1.10. The van der Waals surface area contributed by atoms with Crippen LogP contribution in [-0.2, 0) is 4.79 Å². The zero-order valence-corrected chi connectivity index (χ0v) is 10.7. The molecule has 0 saturated heterocycles. The molecule has 0 aliphatic heterocycles. The van der Waals surface area contributed by atoms with Gasteiger partial charge < -0.3 is 10.4 Å². The number of aliphatic hydroxyl groups is 1. The minimum absolute atomic E-state index is 0.190. The fourth-order valence-corrected chi connectivity index (χ4v) is 3.23. The highest BCUT2D eigenvalue weighted by molar-refractivity contribution is 5.76. The van der Waals surface area contributed by atoms with Crippen LogP contribution in [-0.4, -0.2) is 23.7 Å². The summed E-state index contributed by atoms with van der Waals surface area (Å²) in [6.07, 6.45) is 9.94. The smallest absolute Gasteiger partial charge is 0.220 e. The average Bonchev–Trinajstić information content (AvgIpc) is 2.74. The van der Waals surface area contributed by atoms with Crippen molar-refractivity contribution in [2.24, 2.45) is 11.8 Å². The Balaban J connectivity index is 1.63. The topological polar surface area (TPSA) is 49.3 Å². The first-order valence-corrected chi connectivity index (χ1v) is 7.20. The van der Waals surface area contributed by atoms with Gasteiger partial charge >= 0.3 is 0 Å². The second kappa shape index (κ2) is 6.39. The fraction of sp³-hybridized carbons (Fsp3) is 0.929. The van der Waals surface area contributed by atoms with E-state index < -0.39 is 0 Å². The Hall–Kier alpha value is -0.570. The van der Waals surface area contributed by atoms with Crippen molar-refractivity contribution in [2.75, 3.05) is 6.54 Å². The van der Waals surface area contributed by atoms with E-state index in [0.717, 1.165) is 19.3 Å². The Bertz CT molecular complexity index is 249. The number of carbonyl (C=O) groups excluding carboxylic acids is 1. The molecule has 2 saturated carbocycles. The van der Waals surface area contributed by atoms with Crippen LogP contribution in [0.4, 0.5) is 0 Å². The van der Waals surface area contributed by atoms with Crippen LogP contribution >= 0.6 is 0 Å². The molecular weight excluding hydrogens is 214 g/mol. The molecule has 2 atom stereocenters. The Morgan fingerprint density at radius 1 is 1.06 bits per heavy atom. The normalized spacial score (nSPS) is 30.4. The Morgan fingerprint density at radius 2 is 1.82 bits per heavy atom. The Morgan fingerprint density at radius 3 is 2.47 bits per heavy atom. The summed E-state index contributed by atoms with van der Waals surface area (Å²) >= 11 is 0. The molecule has 1 amide bonds. The standard InChI is InChI=1S/C14H25NO2/c16-13-8-4-7-12(13)10-15-14(17)9-11-5-2-1-3-6-11/h11-13,16H,1-10H2,(H,15,17). The molecule has 2 rings (SSSR count). The van der Waals surface area contributed by atoms with Gasteiger partial charge in [0.25, 0.3) is 0 Å². The summed E-state index contributed by atoms with van der Waals surface area (Å²) in [7, 11) is 0. The molecule has 2 fully saturated rings. The first kappa shape index (κ1) is 12.9. The number of nitrogens with one attached hydrogen (secondary N) is 1. The lowest BCUT2D eigenvalue weighted by atomic mass is 9.87. The molecule has 2 unspecified atom stereocenters. The lowest BCUT2D eigenvalue weighted by Crippen LogP contribution is -2.33. The van der Waals surface area contributed by atoms with Gasteiger partial charge in [-0.1, -0.05) is 25.7 Å². The van der Waals surface area contributed by atoms with Crippen molar-refractivity contribution >= 4 is 5.91 Å². The maximum Gasteiger partial charge on any atom is 0.220 e. The van der Waals surface area contributed by atoms with Gasteiger partial charge in [-0.25, -0.2) is 0 Å². The van der Waals surface area contributed by atoms with Gasteiger partial charge in [-0.05, 0) is 31.6 Å². The van der Waals surface area contributed by atoms with Crippen LogP contribution in [0.3, 0.4) is 0 Å². The van der Waals surface area contributed by atoms with Gasteiger partial charge in [0, 0.05) is 18.9 Å². The SMILES string of the molecule is O=C(CC1CCCCC1)NCC1CCCC1O. The zero-order chi connectivity index (χ0) is 12.1. The molecule has 17 heavy (non-hydrogen) atoms. The van der Waals surface area contributed by atoms with E-state index in [1.807, 2.05) is 0 Å². The minimum Gasteiger partial charge on any atom is -0.393 e. The molecule has 0 bridgehead atoms. The molecule has 0 aromatic rings. The number of rotatable bonds is 4. The second-order valence-electron chi connectivity index (χ2n) is 5.77. The number of carbonyl (C=O) groups is 1. The molecule has 98 valence electrons. The van der Waals surface area contributed by atoms with Crippen LogP contribution < -0.4 is 5.32 Å². The highest BCUT2D eigenvalue weighted by atomic mass is 16.3. The summed E-state index contributed by atoms with van der Waals surface area (Å²) in [4.78, 5) is 11.8. The van der Waals surface area contributed by atoms with E-state index in [4.69, 9.17) is 0 Å². The predicted octanol–water partition coefficient (Wildman–Crippen LogP) is 2.23. The van der Waals surface area contributed by atoms with E-state index in [9.17, 15) is 9.90 Å². The summed E-state index contributed by atoms with van der Waals surface area (Å²) in [6, 6.07) is 0. The third-order valence-corrected chi connectivity index (χ3v) is 4.38. The molecule has 2 aliphatic carbocycles. The molecular formula is C14H25NO2. The van der Waals surface area contributed by atoms with E-state index in [-0.39, 0.29) is 12.0 Å².